The van der Waals surface area contributed by atoms with E-state index in [4.69, 9.17) is 10.5 Å². The van der Waals surface area contributed by atoms with Gasteiger partial charge in [-0.05, 0) is 26.8 Å². The van der Waals surface area contributed by atoms with Gasteiger partial charge in [-0.2, -0.15) is 0 Å². The van der Waals surface area contributed by atoms with Gasteiger partial charge in [-0.1, -0.05) is 18.2 Å². The number of hydrogen-bond acceptors (Lipinski definition) is 3. The lowest BCUT2D eigenvalue weighted by molar-refractivity contribution is -0.121. The topological polar surface area (TPSA) is 64.3 Å². The van der Waals surface area contributed by atoms with Gasteiger partial charge in [0.05, 0.1) is 6.61 Å². The van der Waals surface area contributed by atoms with Crippen molar-refractivity contribution in [3.8, 4) is 5.75 Å². The number of benzene rings is 1. The van der Waals surface area contributed by atoms with Crippen molar-refractivity contribution < 1.29 is 9.53 Å². The van der Waals surface area contributed by atoms with E-state index < -0.39 is 0 Å². The Bertz CT molecular complexity index is 391. The summed E-state index contributed by atoms with van der Waals surface area (Å²) in [5.74, 6) is 0.716. The van der Waals surface area contributed by atoms with Gasteiger partial charge < -0.3 is 15.8 Å². The second kappa shape index (κ2) is 7.01. The third kappa shape index (κ3) is 4.37. The number of hydrogen-bond donors (Lipinski definition) is 2. The first kappa shape index (κ1) is 14.5. The molecule has 0 bridgehead atoms. The number of nitrogens with two attached hydrogens (primary N) is 1. The van der Waals surface area contributed by atoms with Crippen molar-refractivity contribution in [1.29, 1.82) is 0 Å². The van der Waals surface area contributed by atoms with Gasteiger partial charge in [0.2, 0.25) is 5.91 Å². The number of carbonyl (C=O) groups is 1. The summed E-state index contributed by atoms with van der Waals surface area (Å²) in [4.78, 5) is 11.7. The maximum absolute atomic E-state index is 11.7. The highest BCUT2D eigenvalue weighted by Gasteiger charge is 2.15. The van der Waals surface area contributed by atoms with E-state index in [0.717, 1.165) is 11.3 Å². The van der Waals surface area contributed by atoms with Crippen molar-refractivity contribution >= 4 is 5.91 Å². The minimum absolute atomic E-state index is 0.0381. The van der Waals surface area contributed by atoms with Crippen LogP contribution in [0.25, 0.3) is 0 Å². The number of para-hydroxylation sites is 1. The molecular formula is C14H22N2O2. The molecule has 0 aliphatic rings. The van der Waals surface area contributed by atoms with Gasteiger partial charge in [0.15, 0.2) is 0 Å². The molecule has 4 nitrogen and oxygen atoms in total. The second-order valence-electron chi connectivity index (χ2n) is 4.50. The first-order chi connectivity index (χ1) is 8.54. The fourth-order valence-corrected chi connectivity index (χ4v) is 1.76. The smallest absolute Gasteiger partial charge is 0.222 e. The lowest BCUT2D eigenvalue weighted by Crippen LogP contribution is -2.32. The minimum atomic E-state index is -0.341. The van der Waals surface area contributed by atoms with Crippen LogP contribution in [0.4, 0.5) is 0 Å². The van der Waals surface area contributed by atoms with Crippen LogP contribution in [-0.4, -0.2) is 18.6 Å². The van der Waals surface area contributed by atoms with Crippen molar-refractivity contribution in [3.63, 3.8) is 0 Å². The van der Waals surface area contributed by atoms with Crippen LogP contribution in [0, 0.1) is 0 Å². The Balaban J connectivity index is 2.71. The molecular weight excluding hydrogens is 228 g/mol. The molecule has 1 atom stereocenters. The molecule has 0 radical (unpaired) electrons. The van der Waals surface area contributed by atoms with Crippen LogP contribution in [0.5, 0.6) is 5.75 Å². The van der Waals surface area contributed by atoms with Crippen molar-refractivity contribution in [3.05, 3.63) is 29.8 Å². The molecule has 18 heavy (non-hydrogen) atoms. The zero-order valence-corrected chi connectivity index (χ0v) is 11.3. The summed E-state index contributed by atoms with van der Waals surface area (Å²) in [5.41, 5.74) is 6.94. The highest BCUT2D eigenvalue weighted by Crippen LogP contribution is 2.25. The van der Waals surface area contributed by atoms with Crippen molar-refractivity contribution in [2.45, 2.75) is 39.3 Å². The first-order valence-corrected chi connectivity index (χ1v) is 6.31. The number of nitrogens with one attached hydrogen (secondary N) is 1. The summed E-state index contributed by atoms with van der Waals surface area (Å²) in [5, 5.41) is 2.84. The zero-order chi connectivity index (χ0) is 13.5. The molecule has 3 N–H and O–H groups in total. The Labute approximate surface area is 109 Å². The van der Waals surface area contributed by atoms with Crippen LogP contribution in [0.1, 0.15) is 38.8 Å². The Morgan fingerprint density at radius 1 is 1.39 bits per heavy atom. The third-order valence-corrected chi connectivity index (χ3v) is 2.47. The molecule has 1 unspecified atom stereocenters. The molecule has 0 aliphatic carbocycles. The monoisotopic (exact) mass is 250 g/mol. The molecule has 100 valence electrons. The van der Waals surface area contributed by atoms with Crippen molar-refractivity contribution in [2.24, 2.45) is 5.73 Å². The van der Waals surface area contributed by atoms with Gasteiger partial charge >= 0.3 is 0 Å². The third-order valence-electron chi connectivity index (χ3n) is 2.47. The highest BCUT2D eigenvalue weighted by atomic mass is 16.5. The van der Waals surface area contributed by atoms with Gasteiger partial charge in [-0.25, -0.2) is 0 Å². The standard InChI is InChI=1S/C14H22N2O2/c1-4-18-13-8-6-5-7-11(13)12(15)9-14(17)16-10(2)3/h5-8,10,12H,4,9,15H2,1-3H3,(H,16,17). The predicted molar refractivity (Wildman–Crippen MR) is 72.4 cm³/mol. The van der Waals surface area contributed by atoms with Crippen LogP contribution in [0.2, 0.25) is 0 Å². The number of rotatable bonds is 6. The van der Waals surface area contributed by atoms with Gasteiger partial charge in [0.1, 0.15) is 5.75 Å². The van der Waals surface area contributed by atoms with Crippen LogP contribution in [-0.2, 0) is 4.79 Å². The lowest BCUT2D eigenvalue weighted by Gasteiger charge is -2.17. The molecule has 1 rings (SSSR count). The molecule has 1 aromatic rings. The maximum atomic E-state index is 11.7. The normalized spacial score (nSPS) is 12.3. The molecule has 0 spiro atoms. The van der Waals surface area contributed by atoms with E-state index in [1.165, 1.54) is 0 Å². The summed E-state index contributed by atoms with van der Waals surface area (Å²) in [6, 6.07) is 7.36. The van der Waals surface area contributed by atoms with E-state index in [0.29, 0.717) is 6.61 Å². The van der Waals surface area contributed by atoms with E-state index in [1.54, 1.807) is 0 Å². The number of amides is 1. The minimum Gasteiger partial charge on any atom is -0.494 e. The Morgan fingerprint density at radius 2 is 2.06 bits per heavy atom. The highest BCUT2D eigenvalue weighted by molar-refractivity contribution is 5.77. The second-order valence-corrected chi connectivity index (χ2v) is 4.50. The zero-order valence-electron chi connectivity index (χ0n) is 11.3. The Kier molecular flexibility index (Phi) is 5.65. The molecule has 0 aliphatic heterocycles. The Morgan fingerprint density at radius 3 is 2.67 bits per heavy atom. The Hall–Kier alpha value is -1.55. The van der Waals surface area contributed by atoms with Gasteiger partial charge in [0, 0.05) is 24.1 Å². The predicted octanol–water partition coefficient (Wildman–Crippen LogP) is 2.00. The first-order valence-electron chi connectivity index (χ1n) is 6.31. The van der Waals surface area contributed by atoms with E-state index in [2.05, 4.69) is 5.32 Å². The average Bonchev–Trinajstić information content (AvgIpc) is 2.28. The molecule has 0 aromatic heterocycles. The fourth-order valence-electron chi connectivity index (χ4n) is 1.76. The fraction of sp³-hybridized carbons (Fsp3) is 0.500. The van der Waals surface area contributed by atoms with Crippen molar-refractivity contribution in [1.82, 2.24) is 5.32 Å². The summed E-state index contributed by atoms with van der Waals surface area (Å²) < 4.78 is 5.51. The largest absolute Gasteiger partial charge is 0.494 e. The molecule has 0 heterocycles. The van der Waals surface area contributed by atoms with E-state index in [9.17, 15) is 4.79 Å². The van der Waals surface area contributed by atoms with Gasteiger partial charge in [-0.3, -0.25) is 4.79 Å². The summed E-state index contributed by atoms with van der Waals surface area (Å²) >= 11 is 0. The maximum Gasteiger partial charge on any atom is 0.222 e. The summed E-state index contributed by atoms with van der Waals surface area (Å²) in [6.45, 7) is 6.37. The molecule has 0 saturated carbocycles. The SMILES string of the molecule is CCOc1ccccc1C(N)CC(=O)NC(C)C. The molecule has 1 aromatic carbocycles. The van der Waals surface area contributed by atoms with Crippen LogP contribution in [0.3, 0.4) is 0 Å². The average molecular weight is 250 g/mol. The van der Waals surface area contributed by atoms with Crippen molar-refractivity contribution in [2.75, 3.05) is 6.61 Å². The molecule has 4 heteroatoms. The van der Waals surface area contributed by atoms with Crippen LogP contribution >= 0.6 is 0 Å². The van der Waals surface area contributed by atoms with Gasteiger partial charge in [0.25, 0.3) is 0 Å². The van der Waals surface area contributed by atoms with Gasteiger partial charge in [-0.15, -0.1) is 0 Å². The quantitative estimate of drug-likeness (QED) is 0.811. The van der Waals surface area contributed by atoms with E-state index in [-0.39, 0.29) is 24.4 Å². The number of ether oxygens (including phenoxy) is 1. The van der Waals surface area contributed by atoms with Crippen LogP contribution in [0.15, 0.2) is 24.3 Å². The molecule has 0 saturated heterocycles. The van der Waals surface area contributed by atoms with E-state index >= 15 is 0 Å². The molecule has 1 amide bonds. The van der Waals surface area contributed by atoms with E-state index in [1.807, 2.05) is 45.0 Å². The summed E-state index contributed by atoms with van der Waals surface area (Å²) in [6.07, 6.45) is 0.266. The summed E-state index contributed by atoms with van der Waals surface area (Å²) in [7, 11) is 0. The lowest BCUT2D eigenvalue weighted by atomic mass is 10.0. The van der Waals surface area contributed by atoms with Crippen LogP contribution < -0.4 is 15.8 Å². The molecule has 0 fully saturated rings. The number of carbonyl (C=O) groups excluding carboxylic acids is 1.